The Balaban J connectivity index is 1.99. The first-order chi connectivity index (χ1) is 6.29. The van der Waals surface area contributed by atoms with Crippen LogP contribution in [0.2, 0.25) is 0 Å². The quantitative estimate of drug-likeness (QED) is 0.695. The fourth-order valence-corrected chi connectivity index (χ4v) is 2.10. The summed E-state index contributed by atoms with van der Waals surface area (Å²) in [5.74, 6) is 1.41. The highest BCUT2D eigenvalue weighted by molar-refractivity contribution is 5.09. The highest BCUT2D eigenvalue weighted by atomic mass is 16.5. The molecule has 1 saturated heterocycles. The van der Waals surface area contributed by atoms with Crippen LogP contribution in [0.15, 0.2) is 11.8 Å². The molecule has 2 N–H and O–H groups in total. The molecular weight excluding hydrogens is 166 g/mol. The molecule has 0 aromatic heterocycles. The Morgan fingerprint density at radius 1 is 1.54 bits per heavy atom. The maximum atomic E-state index is 6.10. The SMILES string of the molecule is CC1OCCC1C(N)C1=CCCO1. The van der Waals surface area contributed by atoms with Crippen LogP contribution >= 0.6 is 0 Å². The van der Waals surface area contributed by atoms with Gasteiger partial charge < -0.3 is 15.2 Å². The number of rotatable bonds is 2. The Morgan fingerprint density at radius 2 is 2.38 bits per heavy atom. The van der Waals surface area contributed by atoms with Crippen molar-refractivity contribution in [1.82, 2.24) is 0 Å². The molecule has 3 nitrogen and oxygen atoms in total. The number of ether oxygens (including phenoxy) is 2. The number of hydrogen-bond acceptors (Lipinski definition) is 3. The first-order valence-electron chi connectivity index (χ1n) is 4.99. The smallest absolute Gasteiger partial charge is 0.109 e. The van der Waals surface area contributed by atoms with Gasteiger partial charge in [-0.2, -0.15) is 0 Å². The first-order valence-corrected chi connectivity index (χ1v) is 4.99. The number of hydrogen-bond donors (Lipinski definition) is 1. The van der Waals surface area contributed by atoms with Crippen LogP contribution in [-0.4, -0.2) is 25.4 Å². The van der Waals surface area contributed by atoms with Crippen molar-refractivity contribution in [2.45, 2.75) is 31.9 Å². The van der Waals surface area contributed by atoms with E-state index in [1.165, 1.54) is 0 Å². The molecule has 2 rings (SSSR count). The lowest BCUT2D eigenvalue weighted by atomic mass is 9.93. The summed E-state index contributed by atoms with van der Waals surface area (Å²) in [6.45, 7) is 3.73. The molecular formula is C10H17NO2. The van der Waals surface area contributed by atoms with Crippen molar-refractivity contribution in [2.24, 2.45) is 11.7 Å². The van der Waals surface area contributed by atoms with E-state index >= 15 is 0 Å². The summed E-state index contributed by atoms with van der Waals surface area (Å²) in [5.41, 5.74) is 6.10. The summed E-state index contributed by atoms with van der Waals surface area (Å²) in [4.78, 5) is 0. The molecule has 0 spiro atoms. The molecule has 0 aromatic rings. The molecule has 0 saturated carbocycles. The van der Waals surface area contributed by atoms with E-state index in [-0.39, 0.29) is 12.1 Å². The molecule has 0 amide bonds. The van der Waals surface area contributed by atoms with Crippen molar-refractivity contribution in [3.05, 3.63) is 11.8 Å². The van der Waals surface area contributed by atoms with Crippen molar-refractivity contribution in [2.75, 3.05) is 13.2 Å². The van der Waals surface area contributed by atoms with Crippen LogP contribution in [0.25, 0.3) is 0 Å². The highest BCUT2D eigenvalue weighted by Crippen LogP contribution is 2.28. The zero-order valence-electron chi connectivity index (χ0n) is 8.03. The third-order valence-electron chi connectivity index (χ3n) is 2.96. The van der Waals surface area contributed by atoms with Crippen molar-refractivity contribution in [3.63, 3.8) is 0 Å². The second kappa shape index (κ2) is 3.68. The lowest BCUT2D eigenvalue weighted by Crippen LogP contribution is -2.36. The minimum Gasteiger partial charge on any atom is -0.496 e. The van der Waals surface area contributed by atoms with E-state index in [0.29, 0.717) is 5.92 Å². The van der Waals surface area contributed by atoms with Crippen LogP contribution in [0.3, 0.4) is 0 Å². The Kier molecular flexibility index (Phi) is 2.56. The van der Waals surface area contributed by atoms with Crippen LogP contribution in [-0.2, 0) is 9.47 Å². The van der Waals surface area contributed by atoms with Crippen LogP contribution in [0.5, 0.6) is 0 Å². The van der Waals surface area contributed by atoms with Crippen LogP contribution in [0.4, 0.5) is 0 Å². The average Bonchev–Trinajstić information content (AvgIpc) is 2.72. The van der Waals surface area contributed by atoms with Crippen LogP contribution in [0.1, 0.15) is 19.8 Å². The zero-order valence-corrected chi connectivity index (χ0v) is 8.03. The minimum absolute atomic E-state index is 0.0417. The summed E-state index contributed by atoms with van der Waals surface area (Å²) < 4.78 is 10.9. The van der Waals surface area contributed by atoms with Crippen molar-refractivity contribution < 1.29 is 9.47 Å². The fraction of sp³-hybridized carbons (Fsp3) is 0.800. The zero-order chi connectivity index (χ0) is 9.26. The summed E-state index contributed by atoms with van der Waals surface area (Å²) in [7, 11) is 0. The van der Waals surface area contributed by atoms with Crippen molar-refractivity contribution in [1.29, 1.82) is 0 Å². The molecule has 3 heteroatoms. The van der Waals surface area contributed by atoms with Crippen LogP contribution in [0, 0.1) is 5.92 Å². The van der Waals surface area contributed by atoms with E-state index in [2.05, 4.69) is 13.0 Å². The molecule has 0 aliphatic carbocycles. The second-order valence-electron chi connectivity index (χ2n) is 3.80. The molecule has 0 aromatic carbocycles. The summed E-state index contributed by atoms with van der Waals surface area (Å²) in [5, 5.41) is 0. The maximum Gasteiger partial charge on any atom is 0.109 e. The summed E-state index contributed by atoms with van der Waals surface area (Å²) >= 11 is 0. The van der Waals surface area contributed by atoms with Gasteiger partial charge in [0.05, 0.1) is 18.8 Å². The maximum absolute atomic E-state index is 6.10. The fourth-order valence-electron chi connectivity index (χ4n) is 2.10. The predicted molar refractivity (Wildman–Crippen MR) is 50.1 cm³/mol. The molecule has 2 heterocycles. The Labute approximate surface area is 78.9 Å². The minimum atomic E-state index is 0.0417. The molecule has 2 aliphatic heterocycles. The predicted octanol–water partition coefficient (Wildman–Crippen LogP) is 1.04. The normalized spacial score (nSPS) is 35.7. The Morgan fingerprint density at radius 3 is 2.92 bits per heavy atom. The second-order valence-corrected chi connectivity index (χ2v) is 3.80. The van der Waals surface area contributed by atoms with Gasteiger partial charge in [-0.3, -0.25) is 0 Å². The molecule has 1 fully saturated rings. The molecule has 3 atom stereocenters. The van der Waals surface area contributed by atoms with Gasteiger partial charge in [-0.25, -0.2) is 0 Å². The monoisotopic (exact) mass is 183 g/mol. The summed E-state index contributed by atoms with van der Waals surface area (Å²) in [6.07, 6.45) is 4.45. The van der Waals surface area contributed by atoms with Crippen molar-refractivity contribution >= 4 is 0 Å². The molecule has 0 radical (unpaired) electrons. The van der Waals surface area contributed by atoms with Gasteiger partial charge in [0.25, 0.3) is 0 Å². The van der Waals surface area contributed by atoms with Gasteiger partial charge in [0, 0.05) is 18.9 Å². The molecule has 2 aliphatic rings. The largest absolute Gasteiger partial charge is 0.496 e. The molecule has 0 bridgehead atoms. The standard InChI is InChI=1S/C10H17NO2/c1-7-8(4-6-12-7)10(11)9-3-2-5-13-9/h3,7-8,10H,2,4-6,11H2,1H3. The Hall–Kier alpha value is -0.540. The van der Waals surface area contributed by atoms with E-state index in [1.54, 1.807) is 0 Å². The van der Waals surface area contributed by atoms with E-state index in [9.17, 15) is 0 Å². The van der Waals surface area contributed by atoms with Gasteiger partial charge in [0.15, 0.2) is 0 Å². The Bertz CT molecular complexity index is 215. The number of nitrogens with two attached hydrogens (primary N) is 1. The highest BCUT2D eigenvalue weighted by Gasteiger charge is 2.33. The lowest BCUT2D eigenvalue weighted by molar-refractivity contribution is 0.0951. The van der Waals surface area contributed by atoms with E-state index in [4.69, 9.17) is 15.2 Å². The molecule has 74 valence electrons. The van der Waals surface area contributed by atoms with Crippen molar-refractivity contribution in [3.8, 4) is 0 Å². The van der Waals surface area contributed by atoms with Gasteiger partial charge in [0.1, 0.15) is 5.76 Å². The third kappa shape index (κ3) is 1.71. The van der Waals surface area contributed by atoms with E-state index in [0.717, 1.165) is 31.8 Å². The average molecular weight is 183 g/mol. The topological polar surface area (TPSA) is 44.5 Å². The molecule has 3 unspecified atom stereocenters. The van der Waals surface area contributed by atoms with E-state index < -0.39 is 0 Å². The first kappa shape index (κ1) is 9.03. The van der Waals surface area contributed by atoms with E-state index in [1.807, 2.05) is 0 Å². The molecule has 13 heavy (non-hydrogen) atoms. The van der Waals surface area contributed by atoms with Gasteiger partial charge in [-0.05, 0) is 19.4 Å². The van der Waals surface area contributed by atoms with Gasteiger partial charge in [-0.1, -0.05) is 0 Å². The third-order valence-corrected chi connectivity index (χ3v) is 2.96. The van der Waals surface area contributed by atoms with Gasteiger partial charge >= 0.3 is 0 Å². The summed E-state index contributed by atoms with van der Waals surface area (Å²) in [6, 6.07) is 0.0417. The van der Waals surface area contributed by atoms with Crippen LogP contribution < -0.4 is 5.73 Å². The van der Waals surface area contributed by atoms with Gasteiger partial charge in [0.2, 0.25) is 0 Å². The van der Waals surface area contributed by atoms with Gasteiger partial charge in [-0.15, -0.1) is 0 Å². The lowest BCUT2D eigenvalue weighted by Gasteiger charge is -2.22.